The molecule has 0 unspecified atom stereocenters. The second-order valence-corrected chi connectivity index (χ2v) is 5.82. The molecule has 4 aromatic rings. The Morgan fingerprint density at radius 2 is 2.09 bits per heavy atom. The molecule has 4 rings (SSSR count). The summed E-state index contributed by atoms with van der Waals surface area (Å²) in [5, 5.41) is 9.37. The van der Waals surface area contributed by atoms with Gasteiger partial charge in [-0.2, -0.15) is 0 Å². The molecule has 0 aliphatic heterocycles. The fraction of sp³-hybridized carbons (Fsp3) is 0.133. The van der Waals surface area contributed by atoms with Crippen LogP contribution in [0.25, 0.3) is 22.2 Å². The Bertz CT molecular complexity index is 980. The molecule has 0 spiro atoms. The van der Waals surface area contributed by atoms with Gasteiger partial charge in [-0.05, 0) is 46.6 Å². The zero-order chi connectivity index (χ0) is 15.1. The fourth-order valence-corrected chi connectivity index (χ4v) is 2.74. The van der Waals surface area contributed by atoms with Crippen molar-refractivity contribution in [3.05, 3.63) is 52.9 Å². The fourth-order valence-electron chi connectivity index (χ4n) is 2.47. The smallest absolute Gasteiger partial charge is 0.221 e. The van der Waals surface area contributed by atoms with Crippen molar-refractivity contribution < 1.29 is 0 Å². The number of rotatable bonds is 2. The highest BCUT2D eigenvalue weighted by molar-refractivity contribution is 9.10. The predicted molar refractivity (Wildman–Crippen MR) is 86.4 cm³/mol. The molecule has 0 N–H and O–H groups in total. The van der Waals surface area contributed by atoms with Gasteiger partial charge in [-0.15, -0.1) is 5.10 Å². The van der Waals surface area contributed by atoms with Crippen LogP contribution in [0.4, 0.5) is 0 Å². The van der Waals surface area contributed by atoms with Crippen molar-refractivity contribution in [2.24, 2.45) is 0 Å². The van der Waals surface area contributed by atoms with E-state index in [0.29, 0.717) is 15.9 Å². The Hall–Kier alpha value is -2.41. The molecule has 3 aromatic heterocycles. The van der Waals surface area contributed by atoms with Gasteiger partial charge in [0.1, 0.15) is 4.60 Å². The molecule has 6 nitrogen and oxygen atoms in total. The van der Waals surface area contributed by atoms with Crippen LogP contribution in [-0.2, 0) is 0 Å². The van der Waals surface area contributed by atoms with Crippen LogP contribution >= 0.6 is 15.9 Å². The number of aromatic nitrogens is 6. The molecular formula is C15H11BrN6. The molecule has 108 valence electrons. The number of nitrogens with zero attached hydrogens (tertiary/aromatic N) is 6. The Balaban J connectivity index is 1.84. The molecule has 0 aliphatic rings. The molecule has 0 amide bonds. The molecule has 0 bridgehead atoms. The van der Waals surface area contributed by atoms with Gasteiger partial charge in [0, 0.05) is 11.6 Å². The first-order valence-corrected chi connectivity index (χ1v) is 7.60. The van der Waals surface area contributed by atoms with Crippen molar-refractivity contribution in [2.75, 3.05) is 0 Å². The average Bonchev–Trinajstić information content (AvgIpc) is 2.96. The van der Waals surface area contributed by atoms with Crippen LogP contribution in [0.5, 0.6) is 0 Å². The average molecular weight is 355 g/mol. The lowest BCUT2D eigenvalue weighted by Gasteiger charge is -2.13. The molecule has 0 fully saturated rings. The first-order valence-electron chi connectivity index (χ1n) is 6.80. The lowest BCUT2D eigenvalue weighted by atomic mass is 10.1. The molecule has 1 aromatic carbocycles. The summed E-state index contributed by atoms with van der Waals surface area (Å²) in [4.78, 5) is 13.0. The number of halogens is 1. The van der Waals surface area contributed by atoms with Crippen LogP contribution in [0.15, 0.2) is 47.3 Å². The third-order valence-corrected chi connectivity index (χ3v) is 4.02. The monoisotopic (exact) mass is 354 g/mol. The highest BCUT2D eigenvalue weighted by Crippen LogP contribution is 2.23. The maximum absolute atomic E-state index is 4.42. The largest absolute Gasteiger partial charge is 0.256 e. The van der Waals surface area contributed by atoms with E-state index < -0.39 is 0 Å². The van der Waals surface area contributed by atoms with E-state index in [4.69, 9.17) is 0 Å². The first-order chi connectivity index (χ1) is 10.7. The van der Waals surface area contributed by atoms with Gasteiger partial charge in [-0.3, -0.25) is 4.98 Å². The molecule has 0 saturated heterocycles. The molecular weight excluding hydrogens is 344 g/mol. The van der Waals surface area contributed by atoms with Crippen molar-refractivity contribution in [1.82, 2.24) is 29.9 Å². The summed E-state index contributed by atoms with van der Waals surface area (Å²) in [6, 6.07) is 10.2. The third-order valence-electron chi connectivity index (χ3n) is 3.64. The van der Waals surface area contributed by atoms with Gasteiger partial charge < -0.3 is 0 Å². The van der Waals surface area contributed by atoms with E-state index in [1.54, 1.807) is 17.1 Å². The summed E-state index contributed by atoms with van der Waals surface area (Å²) < 4.78 is 2.45. The van der Waals surface area contributed by atoms with Crippen LogP contribution in [-0.4, -0.2) is 29.9 Å². The number of pyridine rings is 1. The zero-order valence-electron chi connectivity index (χ0n) is 11.7. The number of hydrogen-bond donors (Lipinski definition) is 0. The first kappa shape index (κ1) is 13.3. The van der Waals surface area contributed by atoms with Crippen molar-refractivity contribution >= 4 is 38.1 Å². The minimum atomic E-state index is -0.00166. The molecule has 3 heterocycles. The standard InChI is InChI=1S/C15H11BrN6/c1-9(10-4-5-12-11(7-10)3-2-6-17-12)22-15-14(20-21-22)18-8-13(16)19-15/h2-9H,1H3/t9-/m0/s1. The third kappa shape index (κ3) is 2.14. The summed E-state index contributed by atoms with van der Waals surface area (Å²) in [6.07, 6.45) is 3.41. The maximum Gasteiger partial charge on any atom is 0.221 e. The van der Waals surface area contributed by atoms with Crippen molar-refractivity contribution in [2.45, 2.75) is 13.0 Å². The van der Waals surface area contributed by atoms with Crippen LogP contribution < -0.4 is 0 Å². The summed E-state index contributed by atoms with van der Waals surface area (Å²) >= 11 is 3.34. The quantitative estimate of drug-likeness (QED) is 0.553. The molecule has 0 saturated carbocycles. The Kier molecular flexibility index (Phi) is 3.07. The zero-order valence-corrected chi connectivity index (χ0v) is 13.3. The Morgan fingerprint density at radius 1 is 1.18 bits per heavy atom. The normalized spacial score (nSPS) is 12.8. The molecule has 1 atom stereocenters. The maximum atomic E-state index is 4.42. The molecule has 7 heteroatoms. The minimum Gasteiger partial charge on any atom is -0.256 e. The van der Waals surface area contributed by atoms with Gasteiger partial charge in [0.05, 0.1) is 17.8 Å². The summed E-state index contributed by atoms with van der Waals surface area (Å²) in [7, 11) is 0. The lowest BCUT2D eigenvalue weighted by Crippen LogP contribution is -2.09. The highest BCUT2D eigenvalue weighted by Gasteiger charge is 2.15. The second kappa shape index (κ2) is 5.10. The van der Waals surface area contributed by atoms with Crippen molar-refractivity contribution in [1.29, 1.82) is 0 Å². The van der Waals surface area contributed by atoms with Crippen LogP contribution in [0.3, 0.4) is 0 Å². The van der Waals surface area contributed by atoms with E-state index in [-0.39, 0.29) is 6.04 Å². The number of benzene rings is 1. The summed E-state index contributed by atoms with van der Waals surface area (Å²) in [6.45, 7) is 2.06. The van der Waals surface area contributed by atoms with Gasteiger partial charge in [0.2, 0.25) is 5.65 Å². The van der Waals surface area contributed by atoms with Crippen LogP contribution in [0.2, 0.25) is 0 Å². The van der Waals surface area contributed by atoms with Gasteiger partial charge in [0.15, 0.2) is 5.65 Å². The van der Waals surface area contributed by atoms with E-state index in [0.717, 1.165) is 16.5 Å². The lowest BCUT2D eigenvalue weighted by molar-refractivity contribution is 0.556. The van der Waals surface area contributed by atoms with E-state index in [1.165, 1.54) is 0 Å². The molecule has 22 heavy (non-hydrogen) atoms. The summed E-state index contributed by atoms with van der Waals surface area (Å²) in [5.74, 6) is 0. The van der Waals surface area contributed by atoms with E-state index >= 15 is 0 Å². The van der Waals surface area contributed by atoms with E-state index in [2.05, 4.69) is 60.3 Å². The Morgan fingerprint density at radius 3 is 3.00 bits per heavy atom. The number of hydrogen-bond acceptors (Lipinski definition) is 5. The van der Waals surface area contributed by atoms with Gasteiger partial charge in [0.25, 0.3) is 0 Å². The number of fused-ring (bicyclic) bond motifs is 2. The van der Waals surface area contributed by atoms with Gasteiger partial charge in [-0.25, -0.2) is 14.6 Å². The molecule has 0 radical (unpaired) electrons. The summed E-state index contributed by atoms with van der Waals surface area (Å²) in [5.41, 5.74) is 3.30. The second-order valence-electron chi connectivity index (χ2n) is 5.01. The van der Waals surface area contributed by atoms with E-state index in [9.17, 15) is 0 Å². The topological polar surface area (TPSA) is 69.4 Å². The van der Waals surface area contributed by atoms with Crippen molar-refractivity contribution in [3.8, 4) is 0 Å². The Labute approximate surface area is 134 Å². The van der Waals surface area contributed by atoms with E-state index in [1.807, 2.05) is 18.2 Å². The van der Waals surface area contributed by atoms with Gasteiger partial charge in [-0.1, -0.05) is 17.3 Å². The van der Waals surface area contributed by atoms with Gasteiger partial charge >= 0.3 is 0 Å². The van der Waals surface area contributed by atoms with Crippen LogP contribution in [0.1, 0.15) is 18.5 Å². The molecule has 0 aliphatic carbocycles. The minimum absolute atomic E-state index is 0.00166. The predicted octanol–water partition coefficient (Wildman–Crippen LogP) is 3.14. The van der Waals surface area contributed by atoms with Crippen LogP contribution in [0, 0.1) is 0 Å². The highest BCUT2D eigenvalue weighted by atomic mass is 79.9. The SMILES string of the molecule is C[C@@H](c1ccc2ncccc2c1)n1nnc2ncc(Br)nc21. The van der Waals surface area contributed by atoms with Crippen molar-refractivity contribution in [3.63, 3.8) is 0 Å².